The predicted molar refractivity (Wildman–Crippen MR) is 138 cm³/mol. The van der Waals surface area contributed by atoms with Crippen LogP contribution in [0.5, 0.6) is 5.75 Å². The van der Waals surface area contributed by atoms with Gasteiger partial charge in [0.25, 0.3) is 0 Å². The van der Waals surface area contributed by atoms with Crippen LogP contribution in [-0.2, 0) is 4.79 Å². The fourth-order valence-electron chi connectivity index (χ4n) is 2.99. The Kier molecular flexibility index (Phi) is 11.7. The summed E-state index contributed by atoms with van der Waals surface area (Å²) in [7, 11) is 1.52. The van der Waals surface area contributed by atoms with E-state index in [0.717, 1.165) is 18.4 Å². The van der Waals surface area contributed by atoms with E-state index in [1.807, 2.05) is 40.7 Å². The van der Waals surface area contributed by atoms with E-state index >= 15 is 0 Å². The third-order valence-electron chi connectivity index (χ3n) is 5.02. The summed E-state index contributed by atoms with van der Waals surface area (Å²) >= 11 is 12.8. The number of carbonyl (C=O) groups is 1. The molecule has 0 aliphatic heterocycles. The van der Waals surface area contributed by atoms with E-state index in [1.54, 1.807) is 24.3 Å². The van der Waals surface area contributed by atoms with E-state index in [1.165, 1.54) is 7.11 Å². The van der Waals surface area contributed by atoms with Crippen LogP contribution >= 0.6 is 23.2 Å². The number of hydrogen-bond acceptors (Lipinski definition) is 4. The molecule has 0 radical (unpaired) electrons. The van der Waals surface area contributed by atoms with Gasteiger partial charge in [-0.3, -0.25) is 4.79 Å². The summed E-state index contributed by atoms with van der Waals surface area (Å²) in [6.45, 7) is 11.9. The van der Waals surface area contributed by atoms with Crippen molar-refractivity contribution in [1.29, 1.82) is 0 Å². The first kappa shape index (κ1) is 29.2. The van der Waals surface area contributed by atoms with Crippen LogP contribution in [0.1, 0.15) is 83.1 Å². The minimum absolute atomic E-state index is 0.0840. The van der Waals surface area contributed by atoms with Crippen molar-refractivity contribution in [3.05, 3.63) is 57.1 Å². The summed E-state index contributed by atoms with van der Waals surface area (Å²) in [5.74, 6) is 0.396. The number of rotatable bonds is 7. The first-order valence-electron chi connectivity index (χ1n) is 11.1. The number of hydrogen-bond donors (Lipinski definition) is 3. The molecule has 2 aromatic rings. The van der Waals surface area contributed by atoms with Gasteiger partial charge in [0.2, 0.25) is 5.91 Å². The molecule has 3 N–H and O–H groups in total. The monoisotopic (exact) mass is 497 g/mol. The molecular formula is C26H37Cl2NO4. The average molecular weight is 498 g/mol. The summed E-state index contributed by atoms with van der Waals surface area (Å²) in [4.78, 5) is 12.7. The summed E-state index contributed by atoms with van der Waals surface area (Å²) < 4.78 is 5.26. The first-order valence-corrected chi connectivity index (χ1v) is 11.9. The number of aliphatic hydroxyl groups is 2. The van der Waals surface area contributed by atoms with Gasteiger partial charge in [-0.25, -0.2) is 0 Å². The van der Waals surface area contributed by atoms with Crippen LogP contribution in [0.2, 0.25) is 10.0 Å². The zero-order valence-electron chi connectivity index (χ0n) is 20.6. The van der Waals surface area contributed by atoms with Crippen molar-refractivity contribution in [2.24, 2.45) is 5.41 Å². The van der Waals surface area contributed by atoms with Crippen LogP contribution < -0.4 is 10.1 Å². The van der Waals surface area contributed by atoms with E-state index < -0.39 is 11.5 Å². The maximum Gasteiger partial charge on any atom is 0.229 e. The van der Waals surface area contributed by atoms with E-state index in [0.29, 0.717) is 39.2 Å². The van der Waals surface area contributed by atoms with Gasteiger partial charge in [-0.15, -0.1) is 0 Å². The predicted octanol–water partition coefficient (Wildman–Crippen LogP) is 6.97. The van der Waals surface area contributed by atoms with Gasteiger partial charge in [0.05, 0.1) is 17.8 Å². The van der Waals surface area contributed by atoms with Gasteiger partial charge in [0.15, 0.2) is 0 Å². The highest BCUT2D eigenvalue weighted by Crippen LogP contribution is 2.41. The standard InChI is InChI=1S/C22H27Cl2NO3.C4H10O/c1-12(2)15-10-13(23)11-16(19(15)25-21(27)22(3,4)5)20(26)14-8-7-9-17(28-6)18(14)24;1-2-3-4-5/h7-12,20,26H,1-6H3,(H,25,27);5H,2-4H2,1H3. The molecule has 0 aliphatic rings. The van der Waals surface area contributed by atoms with Crippen LogP contribution in [0, 0.1) is 5.41 Å². The highest BCUT2D eigenvalue weighted by atomic mass is 35.5. The van der Waals surface area contributed by atoms with Gasteiger partial charge < -0.3 is 20.3 Å². The quantitative estimate of drug-likeness (QED) is 0.385. The summed E-state index contributed by atoms with van der Waals surface area (Å²) in [6.07, 6.45) is 0.949. The second kappa shape index (κ2) is 13.2. The molecule has 2 rings (SSSR count). The first-order chi connectivity index (χ1) is 15.4. The molecule has 0 spiro atoms. The van der Waals surface area contributed by atoms with Gasteiger partial charge in [-0.1, -0.05) is 83.3 Å². The number of benzene rings is 2. The van der Waals surface area contributed by atoms with Crippen LogP contribution in [0.25, 0.3) is 0 Å². The Labute approximate surface area is 208 Å². The molecule has 5 nitrogen and oxygen atoms in total. The Morgan fingerprint density at radius 3 is 2.18 bits per heavy atom. The highest BCUT2D eigenvalue weighted by molar-refractivity contribution is 6.33. The minimum Gasteiger partial charge on any atom is -0.495 e. The Hall–Kier alpha value is -1.79. The second-order valence-corrected chi connectivity index (χ2v) is 9.98. The van der Waals surface area contributed by atoms with Gasteiger partial charge in [0, 0.05) is 28.2 Å². The Morgan fingerprint density at radius 2 is 1.73 bits per heavy atom. The molecule has 0 aromatic heterocycles. The molecule has 1 unspecified atom stereocenters. The minimum atomic E-state index is -1.09. The summed E-state index contributed by atoms with van der Waals surface area (Å²) in [6, 6.07) is 8.67. The topological polar surface area (TPSA) is 78.8 Å². The molecule has 0 heterocycles. The molecule has 2 aromatic carbocycles. The summed E-state index contributed by atoms with van der Waals surface area (Å²) in [5.41, 5.74) is 1.78. The Morgan fingerprint density at radius 1 is 1.12 bits per heavy atom. The molecule has 0 saturated heterocycles. The fraction of sp³-hybridized carbons (Fsp3) is 0.500. The average Bonchev–Trinajstić information content (AvgIpc) is 2.74. The van der Waals surface area contributed by atoms with Crippen molar-refractivity contribution >= 4 is 34.8 Å². The third-order valence-corrected chi connectivity index (χ3v) is 5.64. The van der Waals surface area contributed by atoms with Crippen molar-refractivity contribution in [1.82, 2.24) is 0 Å². The smallest absolute Gasteiger partial charge is 0.229 e. The maximum absolute atomic E-state index is 12.7. The van der Waals surface area contributed by atoms with E-state index in [-0.39, 0.29) is 11.8 Å². The van der Waals surface area contributed by atoms with Crippen molar-refractivity contribution in [2.75, 3.05) is 19.0 Å². The van der Waals surface area contributed by atoms with E-state index in [4.69, 9.17) is 33.0 Å². The second-order valence-electron chi connectivity index (χ2n) is 9.16. The largest absolute Gasteiger partial charge is 0.495 e. The van der Waals surface area contributed by atoms with Gasteiger partial charge in [0.1, 0.15) is 11.9 Å². The molecular weight excluding hydrogens is 461 g/mol. The number of methoxy groups -OCH3 is 1. The van der Waals surface area contributed by atoms with Crippen LogP contribution in [0.15, 0.2) is 30.3 Å². The van der Waals surface area contributed by atoms with Gasteiger partial charge in [-0.05, 0) is 36.1 Å². The molecule has 1 amide bonds. The Balaban J connectivity index is 0.000000981. The molecule has 0 aliphatic carbocycles. The van der Waals surface area contributed by atoms with Crippen molar-refractivity contribution in [3.8, 4) is 5.75 Å². The SMILES string of the molecule is CCCCO.COc1cccc(C(O)c2cc(Cl)cc(C(C)C)c2NC(=O)C(C)(C)C)c1Cl. The number of nitrogens with one attached hydrogen (secondary N) is 1. The van der Waals surface area contributed by atoms with Crippen LogP contribution in [0.3, 0.4) is 0 Å². The van der Waals surface area contributed by atoms with Crippen molar-refractivity contribution in [2.45, 2.75) is 66.4 Å². The molecule has 0 bridgehead atoms. The number of anilines is 1. The number of carbonyl (C=O) groups excluding carboxylic acids is 1. The van der Waals surface area contributed by atoms with Crippen molar-refractivity contribution in [3.63, 3.8) is 0 Å². The molecule has 1 atom stereocenters. The normalized spacial score (nSPS) is 12.1. The lowest BCUT2D eigenvalue weighted by Gasteiger charge is -2.25. The number of aliphatic hydroxyl groups excluding tert-OH is 2. The lowest BCUT2D eigenvalue weighted by molar-refractivity contribution is -0.123. The highest BCUT2D eigenvalue weighted by Gasteiger charge is 2.27. The molecule has 0 saturated carbocycles. The lowest BCUT2D eigenvalue weighted by Crippen LogP contribution is -2.29. The zero-order valence-corrected chi connectivity index (χ0v) is 22.1. The van der Waals surface area contributed by atoms with Gasteiger partial charge >= 0.3 is 0 Å². The Bertz CT molecular complexity index is 921. The van der Waals surface area contributed by atoms with Crippen molar-refractivity contribution < 1.29 is 19.7 Å². The van der Waals surface area contributed by atoms with E-state index in [2.05, 4.69) is 12.2 Å². The molecule has 7 heteroatoms. The number of ether oxygens (including phenoxy) is 1. The summed E-state index contributed by atoms with van der Waals surface area (Å²) in [5, 5.41) is 23.0. The van der Waals surface area contributed by atoms with Crippen LogP contribution in [0.4, 0.5) is 5.69 Å². The molecule has 33 heavy (non-hydrogen) atoms. The molecule has 184 valence electrons. The van der Waals surface area contributed by atoms with Gasteiger partial charge in [-0.2, -0.15) is 0 Å². The zero-order chi connectivity index (χ0) is 25.3. The van der Waals surface area contributed by atoms with Crippen LogP contribution in [-0.4, -0.2) is 29.8 Å². The number of unbranched alkanes of at least 4 members (excludes halogenated alkanes) is 1. The molecule has 0 fully saturated rings. The fourth-order valence-corrected chi connectivity index (χ4v) is 3.53. The number of amides is 1. The lowest BCUT2D eigenvalue weighted by atomic mass is 9.90. The maximum atomic E-state index is 12.7. The third kappa shape index (κ3) is 8.18. The number of halogens is 2. The van der Waals surface area contributed by atoms with E-state index in [9.17, 15) is 9.90 Å².